The summed E-state index contributed by atoms with van der Waals surface area (Å²) in [5.41, 5.74) is 0.667. The Kier molecular flexibility index (Phi) is 3.96. The molecule has 0 aromatic heterocycles. The van der Waals surface area contributed by atoms with Crippen LogP contribution < -0.4 is 0 Å². The van der Waals surface area contributed by atoms with Gasteiger partial charge in [0.05, 0.1) is 11.7 Å². The molecule has 19 heavy (non-hydrogen) atoms. The van der Waals surface area contributed by atoms with Crippen LogP contribution in [0.2, 0.25) is 0 Å². The van der Waals surface area contributed by atoms with E-state index in [4.69, 9.17) is 5.11 Å². The van der Waals surface area contributed by atoms with Crippen molar-refractivity contribution in [3.63, 3.8) is 0 Å². The molecule has 0 bridgehead atoms. The Bertz CT molecular complexity index is 685. The lowest BCUT2D eigenvalue weighted by Crippen LogP contribution is -1.98. The van der Waals surface area contributed by atoms with Crippen LogP contribution in [-0.2, 0) is 14.7 Å². The normalized spacial score (nSPS) is 14.2. The molecule has 0 aliphatic rings. The third kappa shape index (κ3) is 3.16. The second-order valence-corrected chi connectivity index (χ2v) is 6.29. The van der Waals surface area contributed by atoms with Crippen molar-refractivity contribution >= 4 is 37.2 Å². The molecule has 0 radical (unpaired) electrons. The van der Waals surface area contributed by atoms with Gasteiger partial charge in [-0.25, -0.2) is 8.76 Å². The number of hydrogen-bond acceptors (Lipinski definition) is 4. The summed E-state index contributed by atoms with van der Waals surface area (Å²) in [4.78, 5) is 20.5. The van der Waals surface area contributed by atoms with Crippen molar-refractivity contribution in [2.75, 3.05) is 0 Å². The van der Waals surface area contributed by atoms with Crippen LogP contribution in [0.5, 0.6) is 0 Å². The average Bonchev–Trinajstić information content (AvgIpc) is 2.37. The quantitative estimate of drug-likeness (QED) is 0.459. The number of thiol groups is 1. The Balaban J connectivity index is 2.53. The van der Waals surface area contributed by atoms with E-state index < -0.39 is 13.6 Å². The van der Waals surface area contributed by atoms with E-state index in [1.54, 1.807) is 30.3 Å². The summed E-state index contributed by atoms with van der Waals surface area (Å²) in [7, 11) is -3.80. The maximum Gasteiger partial charge on any atom is 0.343 e. The summed E-state index contributed by atoms with van der Waals surface area (Å²) in [5.74, 6) is -1.04. The number of aromatic carboxylic acids is 1. The van der Waals surface area contributed by atoms with E-state index in [1.807, 2.05) is 0 Å². The molecular weight excluding hydrogens is 287 g/mol. The zero-order valence-corrected chi connectivity index (χ0v) is 11.5. The molecule has 0 saturated heterocycles. The minimum atomic E-state index is -3.80. The maximum atomic E-state index is 11.4. The van der Waals surface area contributed by atoms with Gasteiger partial charge in [0, 0.05) is 0 Å². The fourth-order valence-electron chi connectivity index (χ4n) is 1.86. The van der Waals surface area contributed by atoms with Gasteiger partial charge in [-0.3, -0.25) is 4.57 Å². The number of carboxylic acid groups (broad SMARTS) is 1. The molecule has 100 valence electrons. The van der Waals surface area contributed by atoms with Crippen molar-refractivity contribution in [3.05, 3.63) is 47.5 Å². The predicted octanol–water partition coefficient (Wildman–Crippen LogP) is 3.08. The Morgan fingerprint density at radius 1 is 1.32 bits per heavy atom. The molecule has 0 aliphatic carbocycles. The Morgan fingerprint density at radius 2 is 2.05 bits per heavy atom. The number of rotatable bonds is 4. The lowest BCUT2D eigenvalue weighted by Gasteiger charge is -2.09. The molecule has 0 heterocycles. The van der Waals surface area contributed by atoms with E-state index in [0.717, 1.165) is 5.39 Å². The third-order valence-electron chi connectivity index (χ3n) is 2.69. The molecule has 0 spiro atoms. The van der Waals surface area contributed by atoms with Gasteiger partial charge in [0.2, 0.25) is 0 Å². The molecule has 0 saturated carbocycles. The minimum Gasteiger partial charge on any atom is -0.478 e. The lowest BCUT2D eigenvalue weighted by atomic mass is 10.0. The highest BCUT2D eigenvalue weighted by Crippen LogP contribution is 2.47. The minimum absolute atomic E-state index is 0.152. The highest BCUT2D eigenvalue weighted by Gasteiger charge is 2.19. The van der Waals surface area contributed by atoms with Crippen molar-refractivity contribution in [1.82, 2.24) is 0 Å². The van der Waals surface area contributed by atoms with E-state index >= 15 is 0 Å². The van der Waals surface area contributed by atoms with Crippen molar-refractivity contribution in [1.29, 1.82) is 0 Å². The second-order valence-electron chi connectivity index (χ2n) is 4.04. The van der Waals surface area contributed by atoms with Gasteiger partial charge in [-0.05, 0) is 41.4 Å². The maximum absolute atomic E-state index is 11.4. The monoisotopic (exact) mass is 298 g/mol. The van der Waals surface area contributed by atoms with Crippen LogP contribution >= 0.6 is 20.5 Å². The first-order valence-corrected chi connectivity index (χ1v) is 7.46. The highest BCUT2D eigenvalue weighted by atomic mass is 32.1. The van der Waals surface area contributed by atoms with Gasteiger partial charge in [0.15, 0.2) is 0 Å². The molecule has 2 rings (SSSR count). The Hall–Kier alpha value is -1.33. The van der Waals surface area contributed by atoms with Crippen LogP contribution in [0, 0.1) is 0 Å². The van der Waals surface area contributed by atoms with Crippen LogP contribution in [0.4, 0.5) is 0 Å². The molecule has 2 aromatic rings. The number of carboxylic acids is 1. The first-order chi connectivity index (χ1) is 8.93. The van der Waals surface area contributed by atoms with E-state index in [0.29, 0.717) is 10.9 Å². The van der Waals surface area contributed by atoms with E-state index in [9.17, 15) is 14.3 Å². The molecule has 5 nitrogen and oxygen atoms in total. The van der Waals surface area contributed by atoms with Gasteiger partial charge < -0.3 is 10.00 Å². The molecule has 1 atom stereocenters. The molecule has 0 aliphatic heterocycles. The second kappa shape index (κ2) is 5.35. The molecule has 0 fully saturated rings. The zero-order valence-electron chi connectivity index (χ0n) is 9.68. The fourth-order valence-corrected chi connectivity index (χ4v) is 2.75. The summed E-state index contributed by atoms with van der Waals surface area (Å²) in [6.07, 6.45) is -0.222. The number of carbonyl (C=O) groups is 1. The van der Waals surface area contributed by atoms with Gasteiger partial charge in [-0.1, -0.05) is 24.3 Å². The van der Waals surface area contributed by atoms with Crippen LogP contribution in [0.25, 0.3) is 10.8 Å². The van der Waals surface area contributed by atoms with Crippen LogP contribution in [0.15, 0.2) is 36.4 Å². The molecule has 2 N–H and O–H groups in total. The molecular formula is C12H11O5PS. The molecule has 7 heteroatoms. The topological polar surface area (TPSA) is 83.8 Å². The fraction of sp³-hybridized carbons (Fsp3) is 0.0833. The van der Waals surface area contributed by atoms with Crippen molar-refractivity contribution in [2.24, 2.45) is 0 Å². The number of fused-ring (bicyclic) bond motifs is 1. The van der Waals surface area contributed by atoms with Gasteiger partial charge in [0.1, 0.15) is 0 Å². The first-order valence-electron chi connectivity index (χ1n) is 5.33. The first kappa shape index (κ1) is 14.1. The van der Waals surface area contributed by atoms with Gasteiger partial charge in [-0.2, -0.15) is 0 Å². The van der Waals surface area contributed by atoms with Gasteiger partial charge >= 0.3 is 13.6 Å². The predicted molar refractivity (Wildman–Crippen MR) is 74.5 cm³/mol. The van der Waals surface area contributed by atoms with Crippen molar-refractivity contribution in [3.8, 4) is 0 Å². The van der Waals surface area contributed by atoms with Gasteiger partial charge in [-0.15, -0.1) is 0 Å². The number of benzene rings is 2. The average molecular weight is 298 g/mol. The summed E-state index contributed by atoms with van der Waals surface area (Å²) in [6.45, 7) is 0. The summed E-state index contributed by atoms with van der Waals surface area (Å²) in [5, 5.41) is 10.4. The van der Waals surface area contributed by atoms with Crippen molar-refractivity contribution < 1.29 is 23.3 Å². The standard InChI is InChI=1S/C12H11O5PS/c13-12(14)10-3-1-2-9-5-4-8(6-11(9)10)7-18(15,16)17-19/h1-6,19H,7H2,(H,13,14)(H,15,16). The third-order valence-corrected chi connectivity index (χ3v) is 4.47. The van der Waals surface area contributed by atoms with E-state index in [-0.39, 0.29) is 11.7 Å². The smallest absolute Gasteiger partial charge is 0.343 e. The molecule has 2 aromatic carbocycles. The van der Waals surface area contributed by atoms with E-state index in [2.05, 4.69) is 16.9 Å². The summed E-state index contributed by atoms with van der Waals surface area (Å²) < 4.78 is 15.7. The molecule has 0 amide bonds. The highest BCUT2D eigenvalue weighted by molar-refractivity contribution is 7.81. The van der Waals surface area contributed by atoms with Crippen LogP contribution in [-0.4, -0.2) is 16.0 Å². The van der Waals surface area contributed by atoms with E-state index in [1.165, 1.54) is 6.07 Å². The Labute approximate surface area is 115 Å². The van der Waals surface area contributed by atoms with Crippen LogP contribution in [0.3, 0.4) is 0 Å². The SMILES string of the molecule is O=C(O)c1cccc2ccc(CP(=O)(O)OS)cc12. The Morgan fingerprint density at radius 3 is 2.68 bits per heavy atom. The van der Waals surface area contributed by atoms with Gasteiger partial charge in [0.25, 0.3) is 0 Å². The largest absolute Gasteiger partial charge is 0.478 e. The zero-order chi connectivity index (χ0) is 14.0. The van der Waals surface area contributed by atoms with Crippen LogP contribution in [0.1, 0.15) is 15.9 Å². The van der Waals surface area contributed by atoms with Crippen molar-refractivity contribution in [2.45, 2.75) is 6.16 Å². The summed E-state index contributed by atoms with van der Waals surface area (Å²) in [6, 6.07) is 9.86. The molecule has 1 unspecified atom stereocenters. The lowest BCUT2D eigenvalue weighted by molar-refractivity contribution is 0.0699. The summed E-state index contributed by atoms with van der Waals surface area (Å²) >= 11 is 3.35. The number of hydrogen-bond donors (Lipinski definition) is 3.